The molecule has 6 nitrogen and oxygen atoms in total. The smallest absolute Gasteiger partial charge is 0.266 e. The highest BCUT2D eigenvalue weighted by Gasteiger charge is 2.17. The quantitative estimate of drug-likeness (QED) is 0.845. The Bertz CT molecular complexity index is 894. The van der Waals surface area contributed by atoms with Crippen LogP contribution >= 0.6 is 0 Å². The molecule has 0 spiro atoms. The highest BCUT2D eigenvalue weighted by molar-refractivity contribution is 7.91. The van der Waals surface area contributed by atoms with Gasteiger partial charge in [0, 0.05) is 0 Å². The topological polar surface area (TPSA) is 92.8 Å². The Labute approximate surface area is 128 Å². The molecule has 0 aliphatic carbocycles. The van der Waals surface area contributed by atoms with Crippen molar-refractivity contribution in [3.8, 4) is 6.07 Å². The van der Waals surface area contributed by atoms with E-state index in [9.17, 15) is 13.2 Å². The molecular formula is C15H15N3O3S. The maximum atomic E-state index is 12.2. The summed E-state index contributed by atoms with van der Waals surface area (Å²) in [6, 6.07) is 9.87. The molecule has 0 saturated carbocycles. The number of hydrogen-bond donors (Lipinski definition) is 0. The van der Waals surface area contributed by atoms with Gasteiger partial charge in [-0.3, -0.25) is 4.79 Å². The van der Waals surface area contributed by atoms with Gasteiger partial charge in [-0.25, -0.2) is 13.1 Å². The van der Waals surface area contributed by atoms with E-state index in [1.165, 1.54) is 12.1 Å². The Kier molecular flexibility index (Phi) is 4.43. The highest BCUT2D eigenvalue weighted by Crippen LogP contribution is 2.10. The van der Waals surface area contributed by atoms with Crippen LogP contribution in [0.15, 0.2) is 40.0 Å². The van der Waals surface area contributed by atoms with Gasteiger partial charge in [-0.15, -0.1) is 0 Å². The Morgan fingerprint density at radius 2 is 1.86 bits per heavy atom. The lowest BCUT2D eigenvalue weighted by Gasteiger charge is -2.09. The van der Waals surface area contributed by atoms with E-state index in [2.05, 4.69) is 5.10 Å². The van der Waals surface area contributed by atoms with Gasteiger partial charge in [0.1, 0.15) is 11.6 Å². The van der Waals surface area contributed by atoms with Gasteiger partial charge in [0.15, 0.2) is 9.84 Å². The SMILES string of the molecule is Cc1nn(CCS(=O)(=O)c2ccccc2)c(=O)c(C#N)c1C. The predicted octanol–water partition coefficient (Wildman–Crippen LogP) is 1.21. The Balaban J connectivity index is 2.32. The summed E-state index contributed by atoms with van der Waals surface area (Å²) in [7, 11) is -3.50. The van der Waals surface area contributed by atoms with Crippen LogP contribution in [0.25, 0.3) is 0 Å². The first kappa shape index (κ1) is 15.9. The van der Waals surface area contributed by atoms with Crippen molar-refractivity contribution < 1.29 is 8.42 Å². The maximum Gasteiger partial charge on any atom is 0.284 e. The van der Waals surface area contributed by atoms with Gasteiger partial charge in [0.05, 0.1) is 22.9 Å². The standard InChI is InChI=1S/C15H15N3O3S/c1-11-12(2)17-18(15(19)14(11)10-16)8-9-22(20,21)13-6-4-3-5-7-13/h3-7H,8-9H2,1-2H3. The van der Waals surface area contributed by atoms with Crippen LogP contribution in [-0.4, -0.2) is 24.0 Å². The zero-order valence-corrected chi connectivity index (χ0v) is 13.1. The third-order valence-corrected chi connectivity index (χ3v) is 5.13. The molecule has 0 unspecified atom stereocenters. The zero-order valence-electron chi connectivity index (χ0n) is 12.3. The molecule has 0 amide bonds. The fourth-order valence-corrected chi connectivity index (χ4v) is 3.23. The fraction of sp³-hybridized carbons (Fsp3) is 0.267. The normalized spacial score (nSPS) is 11.1. The van der Waals surface area contributed by atoms with E-state index in [1.54, 1.807) is 32.0 Å². The summed E-state index contributed by atoms with van der Waals surface area (Å²) in [4.78, 5) is 12.3. The second-order valence-electron chi connectivity index (χ2n) is 4.86. The second-order valence-corrected chi connectivity index (χ2v) is 6.97. The van der Waals surface area contributed by atoms with Crippen molar-refractivity contribution in [3.63, 3.8) is 0 Å². The molecule has 0 radical (unpaired) electrons. The van der Waals surface area contributed by atoms with Gasteiger partial charge in [-0.2, -0.15) is 10.4 Å². The molecule has 0 saturated heterocycles. The number of sulfone groups is 1. The van der Waals surface area contributed by atoms with Crippen LogP contribution in [0, 0.1) is 25.2 Å². The first-order chi connectivity index (χ1) is 10.4. The van der Waals surface area contributed by atoms with Crippen molar-refractivity contribution in [3.05, 3.63) is 57.5 Å². The molecule has 0 aliphatic heterocycles. The number of aromatic nitrogens is 2. The van der Waals surface area contributed by atoms with Gasteiger partial charge < -0.3 is 0 Å². The molecule has 2 aromatic rings. The monoisotopic (exact) mass is 317 g/mol. The third-order valence-electron chi connectivity index (χ3n) is 3.42. The molecule has 0 aliphatic rings. The summed E-state index contributed by atoms with van der Waals surface area (Å²) in [6.07, 6.45) is 0. The number of hydrogen-bond acceptors (Lipinski definition) is 5. The van der Waals surface area contributed by atoms with Crippen molar-refractivity contribution in [2.24, 2.45) is 0 Å². The molecule has 1 aromatic carbocycles. The largest absolute Gasteiger partial charge is 0.284 e. The van der Waals surface area contributed by atoms with Gasteiger partial charge in [0.25, 0.3) is 5.56 Å². The summed E-state index contributed by atoms with van der Waals surface area (Å²) < 4.78 is 25.5. The van der Waals surface area contributed by atoms with Crippen molar-refractivity contribution in [2.75, 3.05) is 5.75 Å². The van der Waals surface area contributed by atoms with Crippen LogP contribution in [0.2, 0.25) is 0 Å². The van der Waals surface area contributed by atoms with Crippen LogP contribution < -0.4 is 5.56 Å². The Hall–Kier alpha value is -2.46. The maximum absolute atomic E-state index is 12.2. The molecule has 2 rings (SSSR count). The summed E-state index contributed by atoms with van der Waals surface area (Å²) >= 11 is 0. The van der Waals surface area contributed by atoms with Crippen LogP contribution in [0.5, 0.6) is 0 Å². The number of nitrogens with zero attached hydrogens (tertiary/aromatic N) is 3. The number of benzene rings is 1. The molecule has 0 bridgehead atoms. The molecule has 0 fully saturated rings. The lowest BCUT2D eigenvalue weighted by molar-refractivity contribution is 0.566. The Morgan fingerprint density at radius 1 is 1.23 bits per heavy atom. The van der Waals surface area contributed by atoms with Gasteiger partial charge >= 0.3 is 0 Å². The number of aryl methyl sites for hydroxylation is 2. The molecular weight excluding hydrogens is 302 g/mol. The van der Waals surface area contributed by atoms with Crippen LogP contribution in [-0.2, 0) is 16.4 Å². The minimum absolute atomic E-state index is 0.00427. The number of rotatable bonds is 4. The molecule has 1 heterocycles. The predicted molar refractivity (Wildman–Crippen MR) is 81.2 cm³/mol. The molecule has 1 aromatic heterocycles. The molecule has 0 N–H and O–H groups in total. The van der Waals surface area contributed by atoms with E-state index in [1.807, 2.05) is 6.07 Å². The van der Waals surface area contributed by atoms with Crippen LogP contribution in [0.1, 0.15) is 16.8 Å². The second kappa shape index (κ2) is 6.12. The first-order valence-electron chi connectivity index (χ1n) is 6.63. The average molecular weight is 317 g/mol. The fourth-order valence-electron chi connectivity index (χ4n) is 2.01. The molecule has 7 heteroatoms. The number of nitriles is 1. The van der Waals surface area contributed by atoms with E-state index in [4.69, 9.17) is 5.26 Å². The van der Waals surface area contributed by atoms with E-state index in [0.717, 1.165) is 4.68 Å². The third kappa shape index (κ3) is 3.07. The van der Waals surface area contributed by atoms with E-state index >= 15 is 0 Å². The molecule has 22 heavy (non-hydrogen) atoms. The summed E-state index contributed by atoms with van der Waals surface area (Å²) in [5.41, 5.74) is 0.501. The summed E-state index contributed by atoms with van der Waals surface area (Å²) in [5.74, 6) is -0.253. The van der Waals surface area contributed by atoms with Gasteiger partial charge in [-0.05, 0) is 31.5 Å². The van der Waals surface area contributed by atoms with Crippen molar-refractivity contribution in [1.82, 2.24) is 9.78 Å². The van der Waals surface area contributed by atoms with Crippen LogP contribution in [0.3, 0.4) is 0 Å². The average Bonchev–Trinajstić information content (AvgIpc) is 2.51. The summed E-state index contributed by atoms with van der Waals surface area (Å²) in [6.45, 7) is 3.23. The highest BCUT2D eigenvalue weighted by atomic mass is 32.2. The first-order valence-corrected chi connectivity index (χ1v) is 8.28. The lowest BCUT2D eigenvalue weighted by atomic mass is 10.1. The summed E-state index contributed by atoms with van der Waals surface area (Å²) in [5, 5.41) is 13.1. The minimum Gasteiger partial charge on any atom is -0.266 e. The molecule has 0 atom stereocenters. The van der Waals surface area contributed by atoms with Crippen molar-refractivity contribution >= 4 is 9.84 Å². The molecule has 114 valence electrons. The van der Waals surface area contributed by atoms with E-state index in [0.29, 0.717) is 11.3 Å². The lowest BCUT2D eigenvalue weighted by Crippen LogP contribution is -2.30. The van der Waals surface area contributed by atoms with Crippen LogP contribution in [0.4, 0.5) is 0 Å². The van der Waals surface area contributed by atoms with Crippen molar-refractivity contribution in [2.45, 2.75) is 25.3 Å². The van der Waals surface area contributed by atoms with Gasteiger partial charge in [0.2, 0.25) is 0 Å². The van der Waals surface area contributed by atoms with Gasteiger partial charge in [-0.1, -0.05) is 18.2 Å². The van der Waals surface area contributed by atoms with E-state index < -0.39 is 15.4 Å². The zero-order chi connectivity index (χ0) is 16.3. The minimum atomic E-state index is -3.50. The Morgan fingerprint density at radius 3 is 2.45 bits per heavy atom. The van der Waals surface area contributed by atoms with E-state index in [-0.39, 0.29) is 22.8 Å². The van der Waals surface area contributed by atoms with Crippen molar-refractivity contribution in [1.29, 1.82) is 5.26 Å².